The Morgan fingerprint density at radius 2 is 1.74 bits per heavy atom. The van der Waals surface area contributed by atoms with Gasteiger partial charge < -0.3 is 5.73 Å². The molecule has 1 aromatic rings. The summed E-state index contributed by atoms with van der Waals surface area (Å²) in [6.07, 6.45) is 1.81. The second-order valence-corrected chi connectivity index (χ2v) is 7.03. The molecule has 0 atom stereocenters. The van der Waals surface area contributed by atoms with Gasteiger partial charge in [-0.25, -0.2) is 21.9 Å². The van der Waals surface area contributed by atoms with Crippen LogP contribution in [0.15, 0.2) is 17.0 Å². The van der Waals surface area contributed by atoms with Crippen LogP contribution in [0.1, 0.15) is 26.7 Å². The predicted molar refractivity (Wildman–Crippen MR) is 67.9 cm³/mol. The van der Waals surface area contributed by atoms with Gasteiger partial charge in [0.05, 0.1) is 0 Å². The summed E-state index contributed by atoms with van der Waals surface area (Å²) in [7, 11) is -4.26. The van der Waals surface area contributed by atoms with Crippen LogP contribution in [0, 0.1) is 17.6 Å². The van der Waals surface area contributed by atoms with Crippen molar-refractivity contribution in [1.29, 1.82) is 0 Å². The quantitative estimate of drug-likeness (QED) is 0.833. The second-order valence-electron chi connectivity index (χ2n) is 5.42. The minimum absolute atomic E-state index is 0.157. The Balaban J connectivity index is 2.40. The summed E-state index contributed by atoms with van der Waals surface area (Å²) in [5.74, 6) is -2.17. The van der Waals surface area contributed by atoms with E-state index in [0.29, 0.717) is 0 Å². The molecule has 0 bridgehead atoms. The molecule has 1 fully saturated rings. The van der Waals surface area contributed by atoms with Gasteiger partial charge in [-0.15, -0.1) is 0 Å². The molecule has 106 valence electrons. The molecule has 1 saturated carbocycles. The first kappa shape index (κ1) is 14.2. The Kier molecular flexibility index (Phi) is 3.30. The van der Waals surface area contributed by atoms with Gasteiger partial charge in [-0.05, 0) is 44.7 Å². The molecular formula is C12H16F2N2O2S. The molecule has 0 radical (unpaired) electrons. The number of hydrogen-bond acceptors (Lipinski definition) is 3. The molecule has 2 rings (SSSR count). The van der Waals surface area contributed by atoms with Crippen molar-refractivity contribution in [2.45, 2.75) is 37.1 Å². The molecule has 1 aliphatic carbocycles. The van der Waals surface area contributed by atoms with Crippen LogP contribution in [-0.2, 0) is 10.0 Å². The number of sulfonamides is 1. The Labute approximate surface area is 111 Å². The second kappa shape index (κ2) is 4.42. The number of nitrogens with one attached hydrogen (secondary N) is 1. The van der Waals surface area contributed by atoms with Crippen molar-refractivity contribution in [3.05, 3.63) is 23.8 Å². The van der Waals surface area contributed by atoms with Crippen molar-refractivity contribution in [3.63, 3.8) is 0 Å². The molecule has 0 heterocycles. The Hall–Kier alpha value is -1.21. The number of anilines is 1. The molecular weight excluding hydrogens is 274 g/mol. The Bertz CT molecular complexity index is 587. The van der Waals surface area contributed by atoms with Gasteiger partial charge in [0.1, 0.15) is 11.6 Å². The molecule has 0 saturated heterocycles. The zero-order chi connectivity index (χ0) is 14.4. The SMILES string of the molecule is CC(C)(NS(=O)(=O)c1c(F)cc(N)cc1F)C1CC1. The van der Waals surface area contributed by atoms with Crippen LogP contribution in [0.5, 0.6) is 0 Å². The van der Waals surface area contributed by atoms with Crippen LogP contribution in [0.2, 0.25) is 0 Å². The summed E-state index contributed by atoms with van der Waals surface area (Å²) in [5, 5.41) is 0. The molecule has 3 N–H and O–H groups in total. The van der Waals surface area contributed by atoms with Gasteiger partial charge in [-0.3, -0.25) is 0 Å². The molecule has 1 aromatic carbocycles. The molecule has 19 heavy (non-hydrogen) atoms. The van der Waals surface area contributed by atoms with Crippen molar-refractivity contribution in [2.75, 3.05) is 5.73 Å². The van der Waals surface area contributed by atoms with Crippen LogP contribution in [0.4, 0.5) is 14.5 Å². The van der Waals surface area contributed by atoms with Gasteiger partial charge in [0, 0.05) is 11.2 Å². The first-order valence-electron chi connectivity index (χ1n) is 5.92. The van der Waals surface area contributed by atoms with E-state index < -0.39 is 32.1 Å². The lowest BCUT2D eigenvalue weighted by Crippen LogP contribution is -2.45. The highest BCUT2D eigenvalue weighted by Crippen LogP contribution is 2.40. The third-order valence-corrected chi connectivity index (χ3v) is 5.01. The normalized spacial score (nSPS) is 16.6. The molecule has 0 aromatic heterocycles. The molecule has 7 heteroatoms. The minimum Gasteiger partial charge on any atom is -0.399 e. The summed E-state index contributed by atoms with van der Waals surface area (Å²) < 4.78 is 53.9. The van der Waals surface area contributed by atoms with Crippen LogP contribution >= 0.6 is 0 Å². The zero-order valence-corrected chi connectivity index (χ0v) is 11.5. The standard InChI is InChI=1S/C12H16F2N2O2S/c1-12(2,7-3-4-7)16-19(17,18)11-9(13)5-8(15)6-10(11)14/h5-7,16H,3-4,15H2,1-2H3. The fourth-order valence-electron chi connectivity index (χ4n) is 2.12. The number of nitrogens with two attached hydrogens (primary N) is 1. The molecule has 1 aliphatic rings. The number of rotatable bonds is 4. The number of halogens is 2. The van der Waals surface area contributed by atoms with E-state index in [1.54, 1.807) is 13.8 Å². The smallest absolute Gasteiger partial charge is 0.246 e. The lowest BCUT2D eigenvalue weighted by Gasteiger charge is -2.26. The van der Waals surface area contributed by atoms with E-state index in [1.165, 1.54) is 0 Å². The summed E-state index contributed by atoms with van der Waals surface area (Å²) in [6, 6.07) is 1.59. The van der Waals surface area contributed by atoms with Gasteiger partial charge >= 0.3 is 0 Å². The zero-order valence-electron chi connectivity index (χ0n) is 10.7. The fourth-order valence-corrected chi connectivity index (χ4v) is 3.71. The van der Waals surface area contributed by atoms with Crippen LogP contribution in [0.25, 0.3) is 0 Å². The monoisotopic (exact) mass is 290 g/mol. The summed E-state index contributed by atoms with van der Waals surface area (Å²) >= 11 is 0. The Morgan fingerprint density at radius 3 is 2.16 bits per heavy atom. The lowest BCUT2D eigenvalue weighted by molar-refractivity contribution is 0.397. The highest BCUT2D eigenvalue weighted by atomic mass is 32.2. The molecule has 0 unspecified atom stereocenters. The molecule has 0 spiro atoms. The topological polar surface area (TPSA) is 72.2 Å². The first-order valence-corrected chi connectivity index (χ1v) is 7.40. The van der Waals surface area contributed by atoms with E-state index in [1.807, 2.05) is 0 Å². The van der Waals surface area contributed by atoms with Crippen molar-refractivity contribution >= 4 is 15.7 Å². The predicted octanol–water partition coefficient (Wildman–Crippen LogP) is 2.01. The van der Waals surface area contributed by atoms with Gasteiger partial charge in [-0.2, -0.15) is 0 Å². The third-order valence-electron chi connectivity index (χ3n) is 3.28. The maximum atomic E-state index is 13.7. The van der Waals surface area contributed by atoms with Crippen molar-refractivity contribution in [1.82, 2.24) is 4.72 Å². The van der Waals surface area contributed by atoms with E-state index >= 15 is 0 Å². The van der Waals surface area contributed by atoms with Gasteiger partial charge in [0.2, 0.25) is 10.0 Å². The highest BCUT2D eigenvalue weighted by molar-refractivity contribution is 7.89. The van der Waals surface area contributed by atoms with E-state index in [2.05, 4.69) is 4.72 Å². The maximum absolute atomic E-state index is 13.7. The van der Waals surface area contributed by atoms with E-state index in [0.717, 1.165) is 25.0 Å². The van der Waals surface area contributed by atoms with E-state index in [-0.39, 0.29) is 11.6 Å². The molecule has 4 nitrogen and oxygen atoms in total. The summed E-state index contributed by atoms with van der Waals surface area (Å²) in [6.45, 7) is 3.41. The Morgan fingerprint density at radius 1 is 1.26 bits per heavy atom. The molecule has 0 aliphatic heterocycles. The van der Waals surface area contributed by atoms with E-state index in [4.69, 9.17) is 5.73 Å². The number of nitrogen functional groups attached to an aromatic ring is 1. The maximum Gasteiger partial charge on any atom is 0.246 e. The van der Waals surface area contributed by atoms with Gasteiger partial charge in [0.15, 0.2) is 4.90 Å². The summed E-state index contributed by atoms with van der Waals surface area (Å²) in [5.41, 5.74) is 4.38. The molecule has 0 amide bonds. The van der Waals surface area contributed by atoms with Crippen molar-refractivity contribution in [3.8, 4) is 0 Å². The summed E-state index contributed by atoms with van der Waals surface area (Å²) in [4.78, 5) is -0.976. The van der Waals surface area contributed by atoms with Crippen molar-refractivity contribution in [2.24, 2.45) is 5.92 Å². The third kappa shape index (κ3) is 2.87. The first-order chi connectivity index (χ1) is 8.63. The van der Waals surface area contributed by atoms with E-state index in [9.17, 15) is 17.2 Å². The van der Waals surface area contributed by atoms with Crippen LogP contribution in [0.3, 0.4) is 0 Å². The fraction of sp³-hybridized carbons (Fsp3) is 0.500. The lowest BCUT2D eigenvalue weighted by atomic mass is 10.0. The average Bonchev–Trinajstić information content (AvgIpc) is 2.94. The highest BCUT2D eigenvalue weighted by Gasteiger charge is 2.41. The van der Waals surface area contributed by atoms with Crippen molar-refractivity contribution < 1.29 is 17.2 Å². The van der Waals surface area contributed by atoms with Crippen LogP contribution in [-0.4, -0.2) is 14.0 Å². The van der Waals surface area contributed by atoms with Gasteiger partial charge in [-0.1, -0.05) is 0 Å². The van der Waals surface area contributed by atoms with Gasteiger partial charge in [0.25, 0.3) is 0 Å². The van der Waals surface area contributed by atoms with Crippen LogP contribution < -0.4 is 10.5 Å². The number of benzene rings is 1. The minimum atomic E-state index is -4.26. The largest absolute Gasteiger partial charge is 0.399 e. The average molecular weight is 290 g/mol. The number of hydrogen-bond donors (Lipinski definition) is 2.